The summed E-state index contributed by atoms with van der Waals surface area (Å²) in [5.74, 6) is 1.53. The van der Waals surface area contributed by atoms with Gasteiger partial charge in [-0.2, -0.15) is 0 Å². The first kappa shape index (κ1) is 12.1. The van der Waals surface area contributed by atoms with Gasteiger partial charge in [0.25, 0.3) is 0 Å². The molecule has 0 bridgehead atoms. The Morgan fingerprint density at radius 2 is 2.28 bits per heavy atom. The fraction of sp³-hybridized carbons (Fsp3) is 0.231. The van der Waals surface area contributed by atoms with Gasteiger partial charge in [-0.25, -0.2) is 0 Å². The Hall–Kier alpha value is -0.970. The maximum atomic E-state index is 6.19. The van der Waals surface area contributed by atoms with E-state index in [1.165, 1.54) is 0 Å². The van der Waals surface area contributed by atoms with Crippen molar-refractivity contribution in [3.05, 3.63) is 51.3 Å². The monoisotopic (exact) mass is 327 g/mol. The number of ether oxygens (including phenoxy) is 1. The first-order valence-corrected chi connectivity index (χ1v) is 6.80. The molecule has 0 spiro atoms. The van der Waals surface area contributed by atoms with Crippen molar-refractivity contribution in [3.8, 4) is 5.75 Å². The summed E-state index contributed by atoms with van der Waals surface area (Å²) < 4.78 is 12.2. The molecule has 94 valence electrons. The zero-order valence-corrected chi connectivity index (χ0v) is 11.8. The molecule has 0 radical (unpaired) electrons. The van der Waals surface area contributed by atoms with Crippen molar-refractivity contribution in [1.82, 2.24) is 5.32 Å². The summed E-state index contributed by atoms with van der Waals surface area (Å²) in [5, 5.41) is 3.87. The van der Waals surface area contributed by atoms with Crippen LogP contribution in [0, 0.1) is 0 Å². The number of halogens is 2. The molecule has 3 nitrogen and oxygen atoms in total. The summed E-state index contributed by atoms with van der Waals surface area (Å²) in [6, 6.07) is 7.59. The molecule has 2 aromatic rings. The molecular weight excluding hydrogens is 318 g/mol. The molecule has 1 aliphatic rings. The summed E-state index contributed by atoms with van der Waals surface area (Å²) in [5.41, 5.74) is 1.14. The highest BCUT2D eigenvalue weighted by Gasteiger charge is 2.25. The van der Waals surface area contributed by atoms with E-state index in [0.29, 0.717) is 17.3 Å². The predicted octanol–water partition coefficient (Wildman–Crippen LogP) is 3.92. The lowest BCUT2D eigenvalue weighted by Gasteiger charge is -2.23. The van der Waals surface area contributed by atoms with Gasteiger partial charge in [0, 0.05) is 23.1 Å². The average molecular weight is 329 g/mol. The van der Waals surface area contributed by atoms with Crippen LogP contribution in [0.15, 0.2) is 39.4 Å². The van der Waals surface area contributed by atoms with Crippen molar-refractivity contribution in [2.45, 2.75) is 12.6 Å². The number of rotatable bonds is 2. The predicted molar refractivity (Wildman–Crippen MR) is 72.9 cm³/mol. The molecular formula is C13H11BrClNO2. The third-order valence-electron chi connectivity index (χ3n) is 2.90. The van der Waals surface area contributed by atoms with Gasteiger partial charge in [-0.05, 0) is 34.1 Å². The Labute approximate surface area is 118 Å². The van der Waals surface area contributed by atoms with Crippen LogP contribution in [0.3, 0.4) is 0 Å². The molecule has 5 heteroatoms. The van der Waals surface area contributed by atoms with Gasteiger partial charge in [-0.3, -0.25) is 0 Å². The first-order chi connectivity index (χ1) is 8.75. The highest BCUT2D eigenvalue weighted by Crippen LogP contribution is 2.35. The summed E-state index contributed by atoms with van der Waals surface area (Å²) >= 11 is 9.57. The molecule has 1 N–H and O–H groups in total. The molecule has 0 aliphatic carbocycles. The van der Waals surface area contributed by atoms with E-state index in [-0.39, 0.29) is 6.10 Å². The second-order valence-electron chi connectivity index (χ2n) is 4.10. The van der Waals surface area contributed by atoms with Gasteiger partial charge in [0.2, 0.25) is 0 Å². The lowest BCUT2D eigenvalue weighted by Crippen LogP contribution is -2.30. The van der Waals surface area contributed by atoms with Gasteiger partial charge >= 0.3 is 0 Å². The molecule has 0 saturated heterocycles. The Kier molecular flexibility index (Phi) is 3.33. The zero-order chi connectivity index (χ0) is 12.5. The van der Waals surface area contributed by atoms with Gasteiger partial charge < -0.3 is 14.5 Å². The van der Waals surface area contributed by atoms with Crippen LogP contribution < -0.4 is 10.1 Å². The van der Waals surface area contributed by atoms with Gasteiger partial charge in [0.05, 0.1) is 11.3 Å². The molecule has 3 rings (SSSR count). The second-order valence-corrected chi connectivity index (χ2v) is 5.33. The molecule has 0 saturated carbocycles. The molecule has 1 aliphatic heterocycles. The molecule has 1 unspecified atom stereocenters. The molecule has 2 heterocycles. The minimum absolute atomic E-state index is 0.143. The minimum atomic E-state index is -0.143. The molecule has 0 amide bonds. The number of fused-ring (bicyclic) bond motifs is 1. The van der Waals surface area contributed by atoms with Crippen molar-refractivity contribution in [2.75, 3.05) is 6.54 Å². The third-order valence-corrected chi connectivity index (χ3v) is 4.18. The Bertz CT molecular complexity index is 570. The fourth-order valence-electron chi connectivity index (χ4n) is 2.03. The Morgan fingerprint density at radius 1 is 1.39 bits per heavy atom. The van der Waals surface area contributed by atoms with Gasteiger partial charge in [0.1, 0.15) is 11.5 Å². The second kappa shape index (κ2) is 4.96. The minimum Gasteiger partial charge on any atom is -0.480 e. The van der Waals surface area contributed by atoms with E-state index in [1.807, 2.05) is 24.3 Å². The first-order valence-electron chi connectivity index (χ1n) is 5.63. The smallest absolute Gasteiger partial charge is 0.169 e. The highest BCUT2D eigenvalue weighted by molar-refractivity contribution is 9.10. The summed E-state index contributed by atoms with van der Waals surface area (Å²) in [6.45, 7) is 1.53. The number of hydrogen-bond acceptors (Lipinski definition) is 3. The van der Waals surface area contributed by atoms with E-state index in [0.717, 1.165) is 22.3 Å². The quantitative estimate of drug-likeness (QED) is 0.907. The lowest BCUT2D eigenvalue weighted by atomic mass is 10.1. The van der Waals surface area contributed by atoms with Crippen LogP contribution in [-0.4, -0.2) is 6.54 Å². The molecule has 1 aromatic heterocycles. The van der Waals surface area contributed by atoms with Crippen LogP contribution in [0.1, 0.15) is 17.4 Å². The van der Waals surface area contributed by atoms with Gasteiger partial charge in [-0.15, -0.1) is 0 Å². The number of furan rings is 1. The molecule has 18 heavy (non-hydrogen) atoms. The largest absolute Gasteiger partial charge is 0.480 e. The number of nitrogens with one attached hydrogen (secondary N) is 1. The van der Waals surface area contributed by atoms with Crippen molar-refractivity contribution >= 4 is 27.5 Å². The highest BCUT2D eigenvalue weighted by atomic mass is 79.9. The SMILES string of the molecule is Clc1c(Br)cccc1OC1CNCc2ccoc21. The van der Waals surface area contributed by atoms with E-state index in [9.17, 15) is 0 Å². The Morgan fingerprint density at radius 3 is 3.17 bits per heavy atom. The average Bonchev–Trinajstić information content (AvgIpc) is 2.84. The Balaban J connectivity index is 1.88. The summed E-state index contributed by atoms with van der Waals surface area (Å²) in [6.07, 6.45) is 1.55. The maximum Gasteiger partial charge on any atom is 0.169 e. The normalized spacial score (nSPS) is 18.4. The van der Waals surface area contributed by atoms with E-state index in [4.69, 9.17) is 20.8 Å². The number of hydrogen-bond donors (Lipinski definition) is 1. The van der Waals surface area contributed by atoms with E-state index >= 15 is 0 Å². The van der Waals surface area contributed by atoms with Gasteiger partial charge in [0.15, 0.2) is 6.10 Å². The van der Waals surface area contributed by atoms with Crippen LogP contribution >= 0.6 is 27.5 Å². The van der Waals surface area contributed by atoms with Gasteiger partial charge in [-0.1, -0.05) is 17.7 Å². The summed E-state index contributed by atoms with van der Waals surface area (Å²) in [7, 11) is 0. The maximum absolute atomic E-state index is 6.19. The van der Waals surface area contributed by atoms with Crippen molar-refractivity contribution in [3.63, 3.8) is 0 Å². The van der Waals surface area contributed by atoms with E-state index in [2.05, 4.69) is 21.2 Å². The van der Waals surface area contributed by atoms with Crippen LogP contribution in [0.5, 0.6) is 5.75 Å². The zero-order valence-electron chi connectivity index (χ0n) is 9.45. The lowest BCUT2D eigenvalue weighted by molar-refractivity contribution is 0.162. The molecule has 0 fully saturated rings. The third kappa shape index (κ3) is 2.16. The molecule has 1 aromatic carbocycles. The van der Waals surface area contributed by atoms with E-state index in [1.54, 1.807) is 6.26 Å². The van der Waals surface area contributed by atoms with Crippen LogP contribution in [0.2, 0.25) is 5.02 Å². The van der Waals surface area contributed by atoms with Crippen molar-refractivity contribution in [1.29, 1.82) is 0 Å². The van der Waals surface area contributed by atoms with Crippen molar-refractivity contribution < 1.29 is 9.15 Å². The summed E-state index contributed by atoms with van der Waals surface area (Å²) in [4.78, 5) is 0. The van der Waals surface area contributed by atoms with E-state index < -0.39 is 0 Å². The van der Waals surface area contributed by atoms with Crippen LogP contribution in [0.4, 0.5) is 0 Å². The number of benzene rings is 1. The molecule has 1 atom stereocenters. The van der Waals surface area contributed by atoms with Crippen LogP contribution in [0.25, 0.3) is 0 Å². The topological polar surface area (TPSA) is 34.4 Å². The standard InChI is InChI=1S/C13H11BrClNO2/c14-9-2-1-3-10(12(9)15)18-11-7-16-6-8-4-5-17-13(8)11/h1-5,11,16H,6-7H2. The van der Waals surface area contributed by atoms with Crippen molar-refractivity contribution in [2.24, 2.45) is 0 Å². The fourth-order valence-corrected chi connectivity index (χ4v) is 2.55. The van der Waals surface area contributed by atoms with Crippen LogP contribution in [-0.2, 0) is 6.54 Å².